The van der Waals surface area contributed by atoms with Gasteiger partial charge < -0.3 is 10.3 Å². The molecule has 0 radical (unpaired) electrons. The number of nitrogens with two attached hydrogens (primary N) is 1. The molecule has 0 bridgehead atoms. The maximum absolute atomic E-state index is 13.1. The van der Waals surface area contributed by atoms with Gasteiger partial charge in [0.05, 0.1) is 6.54 Å². The number of pyridine rings is 1. The molecular weight excluding hydrogens is 251 g/mol. The molecule has 2 aromatic rings. The lowest BCUT2D eigenvalue weighted by Gasteiger charge is -2.10. The third-order valence-electron chi connectivity index (χ3n) is 2.58. The number of rotatable bonds is 3. The molecule has 0 saturated carbocycles. The third kappa shape index (κ3) is 2.62. The van der Waals surface area contributed by atoms with Crippen LogP contribution in [0.15, 0.2) is 47.4 Å². The van der Waals surface area contributed by atoms with Gasteiger partial charge in [0, 0.05) is 17.8 Å². The van der Waals surface area contributed by atoms with E-state index in [-0.39, 0.29) is 10.5 Å². The Kier molecular flexibility index (Phi) is 3.53. The molecule has 1 aromatic carbocycles. The number of halogens is 1. The van der Waals surface area contributed by atoms with E-state index in [1.807, 2.05) is 0 Å². The summed E-state index contributed by atoms with van der Waals surface area (Å²) < 4.78 is 14.7. The van der Waals surface area contributed by atoms with Crippen LogP contribution in [0.5, 0.6) is 0 Å². The van der Waals surface area contributed by atoms with Crippen LogP contribution in [-0.2, 0) is 6.54 Å². The molecule has 0 fully saturated rings. The van der Waals surface area contributed by atoms with Crippen molar-refractivity contribution in [2.45, 2.75) is 6.54 Å². The molecule has 2 rings (SSSR count). The van der Waals surface area contributed by atoms with E-state index in [1.54, 1.807) is 24.4 Å². The Bertz CT molecular complexity index is 651. The molecule has 0 aliphatic heterocycles. The predicted octanol–water partition coefficient (Wildman–Crippen LogP) is 1.67. The smallest absolute Gasteiger partial charge is 0.250 e. The molecule has 0 amide bonds. The molecule has 18 heavy (non-hydrogen) atoms. The minimum absolute atomic E-state index is 0.119. The Hall–Kier alpha value is -2.01. The quantitative estimate of drug-likeness (QED) is 0.856. The highest BCUT2D eigenvalue weighted by molar-refractivity contribution is 7.80. The van der Waals surface area contributed by atoms with Gasteiger partial charge in [-0.15, -0.1) is 0 Å². The van der Waals surface area contributed by atoms with E-state index >= 15 is 0 Å². The van der Waals surface area contributed by atoms with Gasteiger partial charge in [0.15, 0.2) is 0 Å². The van der Waals surface area contributed by atoms with E-state index in [0.29, 0.717) is 12.1 Å². The van der Waals surface area contributed by atoms with Gasteiger partial charge in [-0.2, -0.15) is 0 Å². The molecule has 0 aliphatic carbocycles. The van der Waals surface area contributed by atoms with Crippen LogP contribution in [0.2, 0.25) is 0 Å². The normalized spacial score (nSPS) is 10.3. The molecule has 3 nitrogen and oxygen atoms in total. The van der Waals surface area contributed by atoms with Crippen molar-refractivity contribution in [2.24, 2.45) is 5.73 Å². The van der Waals surface area contributed by atoms with E-state index in [2.05, 4.69) is 0 Å². The van der Waals surface area contributed by atoms with Gasteiger partial charge >= 0.3 is 0 Å². The fourth-order valence-corrected chi connectivity index (χ4v) is 1.88. The molecule has 2 N–H and O–H groups in total. The van der Waals surface area contributed by atoms with Gasteiger partial charge in [-0.1, -0.05) is 24.4 Å². The lowest BCUT2D eigenvalue weighted by Crippen LogP contribution is -2.21. The first-order valence-electron chi connectivity index (χ1n) is 5.31. The zero-order chi connectivity index (χ0) is 13.1. The van der Waals surface area contributed by atoms with E-state index < -0.39 is 5.82 Å². The zero-order valence-corrected chi connectivity index (χ0v) is 10.3. The molecule has 0 atom stereocenters. The average Bonchev–Trinajstić information content (AvgIpc) is 2.34. The maximum atomic E-state index is 13.1. The zero-order valence-electron chi connectivity index (χ0n) is 9.47. The minimum Gasteiger partial charge on any atom is -0.389 e. The molecular formula is C13H11FN2OS. The molecule has 0 spiro atoms. The fourth-order valence-electron chi connectivity index (χ4n) is 1.69. The summed E-state index contributed by atoms with van der Waals surface area (Å²) in [5, 5.41) is 0. The van der Waals surface area contributed by atoms with Gasteiger partial charge in [-0.3, -0.25) is 4.79 Å². The third-order valence-corrected chi connectivity index (χ3v) is 2.80. The van der Waals surface area contributed by atoms with E-state index in [0.717, 1.165) is 5.56 Å². The first-order chi connectivity index (χ1) is 8.58. The predicted molar refractivity (Wildman–Crippen MR) is 72.1 cm³/mol. The number of benzene rings is 1. The van der Waals surface area contributed by atoms with E-state index in [4.69, 9.17) is 18.0 Å². The molecule has 0 saturated heterocycles. The summed E-state index contributed by atoms with van der Waals surface area (Å²) in [6, 6.07) is 9.08. The van der Waals surface area contributed by atoms with E-state index in [1.165, 1.54) is 22.8 Å². The van der Waals surface area contributed by atoms with Crippen molar-refractivity contribution in [3.05, 3.63) is 69.9 Å². The van der Waals surface area contributed by atoms with Gasteiger partial charge in [0.2, 0.25) is 0 Å². The number of nitrogens with zero attached hydrogens (tertiary/aromatic N) is 1. The monoisotopic (exact) mass is 262 g/mol. The fraction of sp³-hybridized carbons (Fsp3) is 0.0769. The Balaban J connectivity index is 2.44. The molecule has 1 aromatic heterocycles. The summed E-state index contributed by atoms with van der Waals surface area (Å²) in [4.78, 5) is 11.7. The van der Waals surface area contributed by atoms with Crippen molar-refractivity contribution >= 4 is 17.2 Å². The summed E-state index contributed by atoms with van der Waals surface area (Å²) in [5.41, 5.74) is 6.60. The topological polar surface area (TPSA) is 48.0 Å². The second kappa shape index (κ2) is 5.10. The van der Waals surface area contributed by atoms with Crippen molar-refractivity contribution in [3.8, 4) is 0 Å². The molecule has 0 aliphatic rings. The molecule has 1 heterocycles. The van der Waals surface area contributed by atoms with Crippen molar-refractivity contribution in [1.29, 1.82) is 0 Å². The summed E-state index contributed by atoms with van der Waals surface area (Å²) in [5.74, 6) is -0.401. The van der Waals surface area contributed by atoms with Gasteiger partial charge in [0.1, 0.15) is 10.8 Å². The average molecular weight is 262 g/mol. The first-order valence-corrected chi connectivity index (χ1v) is 5.72. The standard InChI is InChI=1S/C13H11FN2OS/c14-10-5-4-9(11(7-10)13(15)18)8-16-6-2-1-3-12(16)17/h1-7H,8H2,(H2,15,18). The Morgan fingerprint density at radius 1 is 1.33 bits per heavy atom. The molecule has 0 unspecified atom stereocenters. The number of thiocarbonyl (C=S) groups is 1. The van der Waals surface area contributed by atoms with Crippen LogP contribution in [0.1, 0.15) is 11.1 Å². The second-order valence-electron chi connectivity index (χ2n) is 3.83. The number of hydrogen-bond acceptors (Lipinski definition) is 2. The van der Waals surface area contributed by atoms with Crippen LogP contribution in [0.3, 0.4) is 0 Å². The lowest BCUT2D eigenvalue weighted by atomic mass is 10.1. The minimum atomic E-state index is -0.401. The molecule has 5 heteroatoms. The van der Waals surface area contributed by atoms with Crippen LogP contribution in [0, 0.1) is 5.82 Å². The maximum Gasteiger partial charge on any atom is 0.250 e. The summed E-state index contributed by atoms with van der Waals surface area (Å²) in [6.45, 7) is 0.312. The first kappa shape index (κ1) is 12.4. The highest BCUT2D eigenvalue weighted by atomic mass is 32.1. The van der Waals surface area contributed by atoms with Crippen LogP contribution < -0.4 is 11.3 Å². The number of hydrogen-bond donors (Lipinski definition) is 1. The lowest BCUT2D eigenvalue weighted by molar-refractivity contribution is 0.625. The largest absolute Gasteiger partial charge is 0.389 e. The summed E-state index contributed by atoms with van der Waals surface area (Å²) in [7, 11) is 0. The number of aromatic nitrogens is 1. The van der Waals surface area contributed by atoms with Gasteiger partial charge in [-0.25, -0.2) is 4.39 Å². The highest BCUT2D eigenvalue weighted by Crippen LogP contribution is 2.12. The summed E-state index contributed by atoms with van der Waals surface area (Å²) >= 11 is 4.88. The van der Waals surface area contributed by atoms with Crippen LogP contribution in [0.25, 0.3) is 0 Å². The van der Waals surface area contributed by atoms with Crippen LogP contribution in [0.4, 0.5) is 4.39 Å². The SMILES string of the molecule is NC(=S)c1cc(F)ccc1Cn1ccccc1=O. The van der Waals surface area contributed by atoms with Gasteiger partial charge in [0.25, 0.3) is 5.56 Å². The Morgan fingerprint density at radius 3 is 2.78 bits per heavy atom. The second-order valence-corrected chi connectivity index (χ2v) is 4.27. The Morgan fingerprint density at radius 2 is 2.11 bits per heavy atom. The summed E-state index contributed by atoms with van der Waals surface area (Å²) in [6.07, 6.45) is 1.66. The van der Waals surface area contributed by atoms with Crippen LogP contribution >= 0.6 is 12.2 Å². The Labute approximate surface area is 109 Å². The van der Waals surface area contributed by atoms with Crippen molar-refractivity contribution in [3.63, 3.8) is 0 Å². The van der Waals surface area contributed by atoms with E-state index in [9.17, 15) is 9.18 Å². The highest BCUT2D eigenvalue weighted by Gasteiger charge is 2.07. The van der Waals surface area contributed by atoms with Crippen molar-refractivity contribution < 1.29 is 4.39 Å². The van der Waals surface area contributed by atoms with Crippen molar-refractivity contribution in [1.82, 2.24) is 4.57 Å². The van der Waals surface area contributed by atoms with Gasteiger partial charge in [-0.05, 0) is 23.8 Å². The molecule has 92 valence electrons. The van der Waals surface area contributed by atoms with Crippen LogP contribution in [-0.4, -0.2) is 9.56 Å². The van der Waals surface area contributed by atoms with Crippen molar-refractivity contribution in [2.75, 3.05) is 0 Å².